The van der Waals surface area contributed by atoms with Crippen LogP contribution in [-0.4, -0.2) is 87.6 Å². The number of hydrogen-bond donors (Lipinski definition) is 3. The normalized spacial score (nSPS) is 8.43. The van der Waals surface area contributed by atoms with Crippen LogP contribution >= 0.6 is 0 Å². The third-order valence-corrected chi connectivity index (χ3v) is 0. The largest absolute Gasteiger partial charge is 0.316 e. The third-order valence-electron chi connectivity index (χ3n) is 0. The van der Waals surface area contributed by atoms with Gasteiger partial charge in [-0.1, -0.05) is 0 Å². The first-order chi connectivity index (χ1) is 2.00. The summed E-state index contributed by atoms with van der Waals surface area (Å²) in [6.07, 6.45) is 0. The fourth-order valence-corrected chi connectivity index (χ4v) is 0. The van der Waals surface area contributed by atoms with E-state index in [4.69, 9.17) is 16.0 Å². The summed E-state index contributed by atoms with van der Waals surface area (Å²) >= 11 is -5.12. The minimum Gasteiger partial charge on any atom is 0.316 e. The van der Waals surface area contributed by atoms with Crippen molar-refractivity contribution in [3.63, 3.8) is 0 Å². The molecule has 0 unspecified atom stereocenters. The molecule has 0 spiro atoms. The van der Waals surface area contributed by atoms with Crippen LogP contribution in [0.15, 0.2) is 0 Å². The minimum atomic E-state index is -5.12. The maximum Gasteiger partial charge on any atom is 0.316 e. The maximum absolute atomic E-state index is 8.94. The van der Waals surface area contributed by atoms with E-state index in [9.17, 15) is 0 Å². The Morgan fingerprint density at radius 1 is 1.14 bits per heavy atom. The van der Waals surface area contributed by atoms with Gasteiger partial charge in [-0.25, -0.2) is 0 Å². The summed E-state index contributed by atoms with van der Waals surface area (Å²) in [7, 11) is 0. The van der Waals surface area contributed by atoms with Crippen LogP contribution in [0.4, 0.5) is 0 Å². The van der Waals surface area contributed by atoms with E-state index in [-0.39, 0.29) is 60.8 Å². The second-order valence-electron chi connectivity index (χ2n) is 0.513. The molecule has 0 aliphatic rings. The molecule has 0 aromatic carbocycles. The van der Waals surface area contributed by atoms with Crippen molar-refractivity contribution in [2.75, 3.05) is 0 Å². The molecule has 0 aliphatic carbocycles. The van der Waals surface area contributed by atoms with Crippen LogP contribution in [-0.2, 0) is 3.74 Å². The van der Waals surface area contributed by atoms with E-state index in [2.05, 4.69) is 0 Å². The predicted molar refractivity (Wildman–Crippen MR) is 30.2 cm³/mol. The Balaban J connectivity index is -0.0000000800. The van der Waals surface area contributed by atoms with Crippen molar-refractivity contribution in [1.82, 2.24) is 0 Å². The van der Waals surface area contributed by atoms with Crippen LogP contribution < -0.4 is 0 Å². The van der Waals surface area contributed by atoms with Crippen molar-refractivity contribution in [2.45, 2.75) is 0 Å². The molecule has 7 heteroatoms. The quantitative estimate of drug-likeness (QED) is 0.356. The fourth-order valence-electron chi connectivity index (χ4n) is 0. The molecule has 3 N–H and O–H groups in total. The van der Waals surface area contributed by atoms with Crippen molar-refractivity contribution in [1.29, 1.82) is 0 Å². The Labute approximate surface area is 89.8 Å². The Morgan fingerprint density at radius 2 is 1.14 bits per heavy atom. The number of hydrogen-bond acceptors (Lipinski definition) is 1. The van der Waals surface area contributed by atoms with Crippen LogP contribution in [0, 0.1) is 0 Å². The standard InChI is InChI=1S/AsH3O4.Ca.Mg.4H/c2-1(3,4)5;;;;;;/h(H3,2,3,4,5);;;;;;. The second kappa shape index (κ2) is 6.39. The van der Waals surface area contributed by atoms with Crippen LogP contribution in [0.25, 0.3) is 0 Å². The fraction of sp³-hybridized carbons (Fsp3) is 0. The van der Waals surface area contributed by atoms with Gasteiger partial charge in [0.15, 0.2) is 0 Å². The number of rotatable bonds is 0. The molecule has 0 aromatic heterocycles. The van der Waals surface area contributed by atoms with E-state index in [1.54, 1.807) is 0 Å². The van der Waals surface area contributed by atoms with Crippen LogP contribution in [0.3, 0.4) is 0 Å². The Bertz CT molecular complexity index is 57.8. The molecule has 0 bridgehead atoms. The Morgan fingerprint density at radius 3 is 1.14 bits per heavy atom. The second-order valence-corrected chi connectivity index (χ2v) is 2.67. The van der Waals surface area contributed by atoms with Gasteiger partial charge >= 0.3 is 91.3 Å². The molecule has 0 atom stereocenters. The summed E-state index contributed by atoms with van der Waals surface area (Å²) in [4.78, 5) is 0. The smallest absolute Gasteiger partial charge is 0.316 e. The molecule has 4 nitrogen and oxygen atoms in total. The van der Waals surface area contributed by atoms with Gasteiger partial charge in [-0.3, -0.25) is 0 Å². The molecule has 0 amide bonds. The average molecular weight is 210 g/mol. The van der Waals surface area contributed by atoms with E-state index in [0.29, 0.717) is 0 Å². The Kier molecular flexibility index (Phi) is 14.7. The van der Waals surface area contributed by atoms with Gasteiger partial charge in [-0.05, 0) is 0 Å². The molecule has 0 aromatic rings. The first kappa shape index (κ1) is 16.1. The maximum atomic E-state index is 8.94. The van der Waals surface area contributed by atoms with Gasteiger partial charge in [0.1, 0.15) is 0 Å². The van der Waals surface area contributed by atoms with Crippen LogP contribution in [0.1, 0.15) is 0 Å². The first-order valence-electron chi connectivity index (χ1n) is 0.783. The van der Waals surface area contributed by atoms with E-state index in [0.717, 1.165) is 0 Å². The van der Waals surface area contributed by atoms with Gasteiger partial charge in [-0.15, -0.1) is 0 Å². The van der Waals surface area contributed by atoms with Gasteiger partial charge in [0.05, 0.1) is 0 Å². The molecule has 0 saturated heterocycles. The monoisotopic (exact) mass is 210 g/mol. The molecular formula is H7AsCaMgO4. The summed E-state index contributed by atoms with van der Waals surface area (Å²) < 4.78 is 30.7. The zero-order chi connectivity index (χ0) is 4.50. The van der Waals surface area contributed by atoms with E-state index in [1.165, 1.54) is 0 Å². The first-order valence-corrected chi connectivity index (χ1v) is 4.07. The molecule has 7 heavy (non-hydrogen) atoms. The van der Waals surface area contributed by atoms with Gasteiger partial charge in [0, 0.05) is 0 Å². The minimum absolute atomic E-state index is 0. The van der Waals surface area contributed by atoms with Crippen molar-refractivity contribution >= 4 is 75.3 Å². The van der Waals surface area contributed by atoms with Gasteiger partial charge in [0.25, 0.3) is 0 Å². The predicted octanol–water partition coefficient (Wildman–Crippen LogP) is -4.00. The summed E-state index contributed by atoms with van der Waals surface area (Å²) in [5.41, 5.74) is 0. The summed E-state index contributed by atoms with van der Waals surface area (Å²) in [5.74, 6) is 0. The van der Waals surface area contributed by atoms with Gasteiger partial charge < -0.3 is 0 Å². The SMILES string of the molecule is O=[As](O)(O)O.[CaH2].[MgH2]. The van der Waals surface area contributed by atoms with Gasteiger partial charge in [-0.2, -0.15) is 0 Å². The molecule has 0 saturated carbocycles. The molecule has 0 radical (unpaired) electrons. The third kappa shape index (κ3) is 63.3. The Hall–Kier alpha value is 2.26. The zero-order valence-electron chi connectivity index (χ0n) is 2.20. The van der Waals surface area contributed by atoms with Crippen molar-refractivity contribution in [3.8, 4) is 0 Å². The van der Waals surface area contributed by atoms with Crippen molar-refractivity contribution < 1.29 is 16.0 Å². The van der Waals surface area contributed by atoms with Crippen LogP contribution in [0.2, 0.25) is 0 Å². The van der Waals surface area contributed by atoms with Crippen molar-refractivity contribution in [3.05, 3.63) is 0 Å². The van der Waals surface area contributed by atoms with E-state index >= 15 is 0 Å². The average Bonchev–Trinajstić information content (AvgIpc) is 0.722. The molecule has 0 fully saturated rings. The zero-order valence-corrected chi connectivity index (χ0v) is 4.07. The van der Waals surface area contributed by atoms with E-state index < -0.39 is 14.5 Å². The molecule has 0 rings (SSSR count). The summed E-state index contributed by atoms with van der Waals surface area (Å²) in [6, 6.07) is 0. The molecule has 0 aliphatic heterocycles. The molecule has 40 valence electrons. The molecular weight excluding hydrogens is 203 g/mol. The van der Waals surface area contributed by atoms with Crippen molar-refractivity contribution in [2.24, 2.45) is 0 Å². The molecule has 0 heterocycles. The van der Waals surface area contributed by atoms with Crippen LogP contribution in [0.5, 0.6) is 0 Å². The summed E-state index contributed by atoms with van der Waals surface area (Å²) in [5, 5.41) is 0. The summed E-state index contributed by atoms with van der Waals surface area (Å²) in [6.45, 7) is 0. The van der Waals surface area contributed by atoms with Gasteiger partial charge in [0.2, 0.25) is 0 Å². The van der Waals surface area contributed by atoms with E-state index in [1.807, 2.05) is 0 Å². The topological polar surface area (TPSA) is 77.8 Å².